The molecule has 2 aromatic rings. The molecular weight excluding hydrogens is 442 g/mol. The number of carbonyl (C=O) groups excluding carboxylic acids is 2. The Morgan fingerprint density at radius 2 is 1.82 bits per heavy atom. The maximum absolute atomic E-state index is 13.0. The molecule has 3 rings (SSSR count). The molecule has 1 heterocycles. The molecule has 6 nitrogen and oxygen atoms in total. The van der Waals surface area contributed by atoms with E-state index in [0.717, 1.165) is 19.3 Å². The van der Waals surface area contributed by atoms with Crippen molar-refractivity contribution in [2.75, 3.05) is 26.9 Å². The van der Waals surface area contributed by atoms with Crippen molar-refractivity contribution in [1.29, 1.82) is 0 Å². The van der Waals surface area contributed by atoms with E-state index in [9.17, 15) is 14.7 Å². The van der Waals surface area contributed by atoms with E-state index in [2.05, 4.69) is 6.92 Å². The fourth-order valence-corrected chi connectivity index (χ4v) is 4.04. The second-order valence-electron chi connectivity index (χ2n) is 7.97. The van der Waals surface area contributed by atoms with Crippen LogP contribution < -0.4 is 4.74 Å². The first-order chi connectivity index (χ1) is 16.0. The van der Waals surface area contributed by atoms with Gasteiger partial charge in [-0.15, -0.1) is 0 Å². The van der Waals surface area contributed by atoms with Crippen LogP contribution in [0.5, 0.6) is 5.75 Å². The van der Waals surface area contributed by atoms with Gasteiger partial charge in [0.05, 0.1) is 18.2 Å². The topological polar surface area (TPSA) is 76.1 Å². The molecule has 0 bridgehead atoms. The highest BCUT2D eigenvalue weighted by molar-refractivity contribution is 6.46. The second-order valence-corrected chi connectivity index (χ2v) is 8.41. The number of amides is 1. The summed E-state index contributed by atoms with van der Waals surface area (Å²) >= 11 is 5.97. The van der Waals surface area contributed by atoms with Gasteiger partial charge in [0.1, 0.15) is 11.5 Å². The number of Topliss-reactive ketones (excluding diaryl/α,β-unsaturated/α-hetero) is 1. The van der Waals surface area contributed by atoms with Crippen molar-refractivity contribution < 1.29 is 24.2 Å². The third-order valence-electron chi connectivity index (χ3n) is 5.60. The van der Waals surface area contributed by atoms with E-state index in [1.807, 2.05) is 24.3 Å². The molecule has 1 N–H and O–H groups in total. The van der Waals surface area contributed by atoms with Crippen LogP contribution in [0.25, 0.3) is 5.76 Å². The summed E-state index contributed by atoms with van der Waals surface area (Å²) in [5, 5.41) is 11.6. The van der Waals surface area contributed by atoms with Crippen molar-refractivity contribution >= 4 is 29.1 Å². The highest BCUT2D eigenvalue weighted by Crippen LogP contribution is 2.40. The van der Waals surface area contributed by atoms with Crippen LogP contribution in [-0.4, -0.2) is 48.6 Å². The van der Waals surface area contributed by atoms with E-state index >= 15 is 0 Å². The number of hydrogen-bond acceptors (Lipinski definition) is 5. The molecule has 33 heavy (non-hydrogen) atoms. The number of halogens is 1. The molecular formula is C26H30ClNO5. The maximum atomic E-state index is 13.0. The minimum absolute atomic E-state index is 0.0582. The maximum Gasteiger partial charge on any atom is 0.295 e. The van der Waals surface area contributed by atoms with Crippen LogP contribution in [0.2, 0.25) is 5.02 Å². The summed E-state index contributed by atoms with van der Waals surface area (Å²) in [5.41, 5.74) is 1.18. The van der Waals surface area contributed by atoms with Gasteiger partial charge in [0.2, 0.25) is 0 Å². The zero-order chi connectivity index (χ0) is 23.8. The van der Waals surface area contributed by atoms with Crippen molar-refractivity contribution in [1.82, 2.24) is 4.90 Å². The van der Waals surface area contributed by atoms with Gasteiger partial charge in [-0.3, -0.25) is 9.59 Å². The average molecular weight is 472 g/mol. The Labute approximate surface area is 199 Å². The number of hydrogen-bond donors (Lipinski definition) is 1. The van der Waals surface area contributed by atoms with Gasteiger partial charge in [-0.1, -0.05) is 43.5 Å². The lowest BCUT2D eigenvalue weighted by atomic mass is 9.95. The fourth-order valence-electron chi connectivity index (χ4n) is 3.92. The van der Waals surface area contributed by atoms with E-state index in [4.69, 9.17) is 21.1 Å². The van der Waals surface area contributed by atoms with Crippen molar-refractivity contribution in [3.63, 3.8) is 0 Å². The van der Waals surface area contributed by atoms with Crippen molar-refractivity contribution in [2.24, 2.45) is 0 Å². The third kappa shape index (κ3) is 5.95. The molecule has 2 aromatic carbocycles. The number of ketones is 1. The molecule has 0 radical (unpaired) electrons. The molecule has 0 spiro atoms. The summed E-state index contributed by atoms with van der Waals surface area (Å²) in [4.78, 5) is 27.5. The minimum Gasteiger partial charge on any atom is -0.507 e. The SMILES string of the molecule is CCCCCOc1cccc(C2C(=C(O)c3ccc(Cl)cc3)C(=O)C(=O)N2CCCOC)c1. The van der Waals surface area contributed by atoms with Gasteiger partial charge in [0.15, 0.2) is 0 Å². The third-order valence-corrected chi connectivity index (χ3v) is 5.85. The van der Waals surface area contributed by atoms with Crippen molar-refractivity contribution in [3.05, 3.63) is 70.3 Å². The number of carbonyl (C=O) groups is 2. The van der Waals surface area contributed by atoms with E-state index in [-0.39, 0.29) is 11.3 Å². The normalized spacial score (nSPS) is 17.5. The summed E-state index contributed by atoms with van der Waals surface area (Å²) in [6.07, 6.45) is 3.70. The summed E-state index contributed by atoms with van der Waals surface area (Å²) in [6.45, 7) is 3.50. The molecule has 1 aliphatic rings. The first kappa shape index (κ1) is 24.8. The van der Waals surface area contributed by atoms with Gasteiger partial charge >= 0.3 is 0 Å². The Balaban J connectivity index is 2.01. The first-order valence-electron chi connectivity index (χ1n) is 11.2. The number of nitrogens with zero attached hydrogens (tertiary/aromatic N) is 1. The number of benzene rings is 2. The Bertz CT molecular complexity index is 1000. The molecule has 0 aromatic heterocycles. The lowest BCUT2D eigenvalue weighted by molar-refractivity contribution is -0.140. The zero-order valence-corrected chi connectivity index (χ0v) is 19.8. The Hall–Kier alpha value is -2.83. The van der Waals surface area contributed by atoms with Crippen molar-refractivity contribution in [2.45, 2.75) is 38.6 Å². The predicted molar refractivity (Wildman–Crippen MR) is 128 cm³/mol. The van der Waals surface area contributed by atoms with Crippen LogP contribution >= 0.6 is 11.6 Å². The highest BCUT2D eigenvalue weighted by atomic mass is 35.5. The highest BCUT2D eigenvalue weighted by Gasteiger charge is 2.45. The molecule has 176 valence electrons. The van der Waals surface area contributed by atoms with Crippen LogP contribution in [-0.2, 0) is 14.3 Å². The van der Waals surface area contributed by atoms with Gasteiger partial charge in [-0.2, -0.15) is 0 Å². The molecule has 1 saturated heterocycles. The Kier molecular flexibility index (Phi) is 8.92. The Morgan fingerprint density at radius 3 is 2.52 bits per heavy atom. The van der Waals surface area contributed by atoms with Crippen LogP contribution in [0.4, 0.5) is 0 Å². The number of unbranched alkanes of at least 4 members (excludes halogenated alkanes) is 2. The number of likely N-dealkylation sites (tertiary alicyclic amines) is 1. The van der Waals surface area contributed by atoms with E-state index in [0.29, 0.717) is 48.1 Å². The van der Waals surface area contributed by atoms with E-state index in [1.54, 1.807) is 31.4 Å². The van der Waals surface area contributed by atoms with Crippen LogP contribution in [0, 0.1) is 0 Å². The largest absolute Gasteiger partial charge is 0.507 e. The fraction of sp³-hybridized carbons (Fsp3) is 0.385. The first-order valence-corrected chi connectivity index (χ1v) is 11.6. The zero-order valence-electron chi connectivity index (χ0n) is 19.1. The van der Waals surface area contributed by atoms with Crippen molar-refractivity contribution in [3.8, 4) is 5.75 Å². The molecule has 1 aliphatic heterocycles. The summed E-state index contributed by atoms with van der Waals surface area (Å²) < 4.78 is 11.0. The number of aliphatic hydroxyl groups excluding tert-OH is 1. The summed E-state index contributed by atoms with van der Waals surface area (Å²) in [7, 11) is 1.59. The monoisotopic (exact) mass is 471 g/mol. The van der Waals surface area contributed by atoms with Gasteiger partial charge < -0.3 is 19.5 Å². The second kappa shape index (κ2) is 11.9. The lowest BCUT2D eigenvalue weighted by Crippen LogP contribution is -2.31. The Morgan fingerprint density at radius 1 is 1.06 bits per heavy atom. The smallest absolute Gasteiger partial charge is 0.295 e. The molecule has 1 atom stereocenters. The molecule has 7 heteroatoms. The van der Waals surface area contributed by atoms with Gasteiger partial charge in [0.25, 0.3) is 11.7 Å². The van der Waals surface area contributed by atoms with Gasteiger partial charge in [0, 0.05) is 30.8 Å². The van der Waals surface area contributed by atoms with Gasteiger partial charge in [-0.05, 0) is 54.8 Å². The standard InChI is InChI=1S/C26H30ClNO5/c1-3-4-5-16-33-21-9-6-8-19(17-21)23-22(24(29)18-10-12-20(27)13-11-18)25(30)26(31)28(23)14-7-15-32-2/h6,8-13,17,23,29H,3-5,7,14-16H2,1-2H3. The number of rotatable bonds is 11. The molecule has 0 saturated carbocycles. The van der Waals surface area contributed by atoms with Crippen LogP contribution in [0.15, 0.2) is 54.1 Å². The average Bonchev–Trinajstić information content (AvgIpc) is 3.07. The van der Waals surface area contributed by atoms with E-state index in [1.165, 1.54) is 4.90 Å². The van der Waals surface area contributed by atoms with Gasteiger partial charge in [-0.25, -0.2) is 0 Å². The lowest BCUT2D eigenvalue weighted by Gasteiger charge is -2.25. The molecule has 1 unspecified atom stereocenters. The quantitative estimate of drug-likeness (QED) is 0.206. The molecule has 0 aliphatic carbocycles. The number of ether oxygens (including phenoxy) is 2. The molecule has 1 amide bonds. The summed E-state index contributed by atoms with van der Waals surface area (Å²) in [5.74, 6) is -0.906. The minimum atomic E-state index is -0.725. The van der Waals surface area contributed by atoms with E-state index < -0.39 is 17.7 Å². The summed E-state index contributed by atoms with van der Waals surface area (Å²) in [6, 6.07) is 13.1. The number of methoxy groups -OCH3 is 1. The number of aliphatic hydroxyl groups is 1. The molecule has 1 fully saturated rings. The predicted octanol–water partition coefficient (Wildman–Crippen LogP) is 5.37. The van der Waals surface area contributed by atoms with Crippen LogP contribution in [0.1, 0.15) is 49.8 Å². The van der Waals surface area contributed by atoms with Crippen LogP contribution in [0.3, 0.4) is 0 Å².